The summed E-state index contributed by atoms with van der Waals surface area (Å²) in [5.41, 5.74) is 1.06. The summed E-state index contributed by atoms with van der Waals surface area (Å²) in [4.78, 5) is 26.6. The van der Waals surface area contributed by atoms with Crippen molar-refractivity contribution in [2.24, 2.45) is 5.92 Å². The molecule has 0 fully saturated rings. The number of ether oxygens (including phenoxy) is 1. The predicted octanol–water partition coefficient (Wildman–Crippen LogP) is 2.00. The third-order valence-electron chi connectivity index (χ3n) is 3.04. The van der Waals surface area contributed by atoms with Crippen LogP contribution in [0.15, 0.2) is 6.07 Å². The lowest BCUT2D eigenvalue weighted by Gasteiger charge is -2.21. The number of hydrogen-bond acceptors (Lipinski definition) is 4. The third kappa shape index (κ3) is 3.58. The van der Waals surface area contributed by atoms with Crippen LogP contribution in [-0.2, 0) is 22.6 Å². The summed E-state index contributed by atoms with van der Waals surface area (Å²) < 4.78 is 5.37. The fourth-order valence-electron chi connectivity index (χ4n) is 2.23. The number of fused-ring (bicyclic) bond motifs is 1. The molecule has 5 nitrogen and oxygen atoms in total. The molecule has 0 saturated heterocycles. The number of carbonyl (C=O) groups is 2. The molecule has 0 bridgehead atoms. The second kappa shape index (κ2) is 6.37. The van der Waals surface area contributed by atoms with Crippen molar-refractivity contribution in [3.05, 3.63) is 21.4 Å². The van der Waals surface area contributed by atoms with Crippen LogP contribution in [0.1, 0.15) is 34.0 Å². The molecule has 1 amide bonds. The van der Waals surface area contributed by atoms with Gasteiger partial charge in [-0.15, -0.1) is 11.3 Å². The van der Waals surface area contributed by atoms with Gasteiger partial charge in [0.15, 0.2) is 0 Å². The maximum atomic E-state index is 12.5. The molecule has 0 aliphatic carbocycles. The number of hydrogen-bond donors (Lipinski definition) is 1. The van der Waals surface area contributed by atoms with Crippen molar-refractivity contribution in [1.29, 1.82) is 0 Å². The highest BCUT2D eigenvalue weighted by molar-refractivity contribution is 7.14. The van der Waals surface area contributed by atoms with Crippen LogP contribution in [0.4, 0.5) is 0 Å². The Bertz CT molecular complexity index is 486. The van der Waals surface area contributed by atoms with E-state index in [1.54, 1.807) is 0 Å². The Hall–Kier alpha value is -1.40. The van der Waals surface area contributed by atoms with Crippen LogP contribution in [0.2, 0.25) is 0 Å². The van der Waals surface area contributed by atoms with Gasteiger partial charge in [0, 0.05) is 17.8 Å². The van der Waals surface area contributed by atoms with Crippen molar-refractivity contribution in [2.45, 2.75) is 26.9 Å². The Morgan fingerprint density at radius 1 is 1.50 bits per heavy atom. The van der Waals surface area contributed by atoms with Gasteiger partial charge in [-0.05, 0) is 17.5 Å². The second-order valence-corrected chi connectivity index (χ2v) is 6.47. The normalized spacial score (nSPS) is 14.2. The number of thiophene rings is 1. The zero-order valence-corrected chi connectivity index (χ0v) is 12.5. The standard InChI is InChI=1S/C14H19NO4S/c1-9(2)6-15(7-13(16)17)14(18)12-5-10-8-19-4-3-11(10)20-12/h5,9H,3-4,6-8H2,1-2H3,(H,16,17). The highest BCUT2D eigenvalue weighted by Gasteiger charge is 2.23. The van der Waals surface area contributed by atoms with E-state index in [1.807, 2.05) is 19.9 Å². The van der Waals surface area contributed by atoms with Crippen molar-refractivity contribution < 1.29 is 19.4 Å². The molecule has 1 N–H and O–H groups in total. The molecule has 1 aromatic rings. The summed E-state index contributed by atoms with van der Waals surface area (Å²) in [5.74, 6) is -0.944. The van der Waals surface area contributed by atoms with Gasteiger partial charge in [0.2, 0.25) is 0 Å². The number of amides is 1. The van der Waals surface area contributed by atoms with Gasteiger partial charge < -0.3 is 14.7 Å². The van der Waals surface area contributed by atoms with Crippen LogP contribution >= 0.6 is 11.3 Å². The van der Waals surface area contributed by atoms with Gasteiger partial charge in [0.05, 0.1) is 18.1 Å². The first-order valence-electron chi connectivity index (χ1n) is 6.67. The molecule has 20 heavy (non-hydrogen) atoms. The Morgan fingerprint density at radius 2 is 2.25 bits per heavy atom. The van der Waals surface area contributed by atoms with Crippen molar-refractivity contribution in [1.82, 2.24) is 4.90 Å². The summed E-state index contributed by atoms with van der Waals surface area (Å²) in [6.45, 7) is 5.36. The highest BCUT2D eigenvalue weighted by atomic mass is 32.1. The van der Waals surface area contributed by atoms with Gasteiger partial charge >= 0.3 is 5.97 Å². The highest BCUT2D eigenvalue weighted by Crippen LogP contribution is 2.28. The number of carboxylic acid groups (broad SMARTS) is 1. The number of carboxylic acids is 1. The fraction of sp³-hybridized carbons (Fsp3) is 0.571. The molecule has 0 radical (unpaired) electrons. The minimum absolute atomic E-state index is 0.194. The average molecular weight is 297 g/mol. The molecule has 0 atom stereocenters. The molecule has 0 aromatic carbocycles. The van der Waals surface area contributed by atoms with Crippen molar-refractivity contribution >= 4 is 23.2 Å². The molecule has 6 heteroatoms. The third-order valence-corrected chi connectivity index (χ3v) is 4.26. The van der Waals surface area contributed by atoms with E-state index in [1.165, 1.54) is 21.1 Å². The topological polar surface area (TPSA) is 66.8 Å². The van der Waals surface area contributed by atoms with Gasteiger partial charge in [-0.2, -0.15) is 0 Å². The van der Waals surface area contributed by atoms with E-state index in [9.17, 15) is 9.59 Å². The van der Waals surface area contributed by atoms with Crippen LogP contribution in [0.3, 0.4) is 0 Å². The van der Waals surface area contributed by atoms with Gasteiger partial charge in [-0.1, -0.05) is 13.8 Å². The van der Waals surface area contributed by atoms with Crippen LogP contribution in [0, 0.1) is 5.92 Å². The Balaban J connectivity index is 2.17. The Kier molecular flexibility index (Phi) is 4.77. The molecule has 2 heterocycles. The van der Waals surface area contributed by atoms with Gasteiger partial charge in [0.25, 0.3) is 5.91 Å². The molecule has 2 rings (SSSR count). The summed E-state index contributed by atoms with van der Waals surface area (Å²) in [6, 6.07) is 1.84. The van der Waals surface area contributed by atoms with E-state index in [2.05, 4.69) is 0 Å². The monoisotopic (exact) mass is 297 g/mol. The first kappa shape index (κ1) is 15.0. The van der Waals surface area contributed by atoms with E-state index >= 15 is 0 Å². The molecular weight excluding hydrogens is 278 g/mol. The summed E-state index contributed by atoms with van der Waals surface area (Å²) in [5, 5.41) is 8.94. The van der Waals surface area contributed by atoms with Crippen LogP contribution in [0.5, 0.6) is 0 Å². The number of carbonyl (C=O) groups excluding carboxylic acids is 1. The predicted molar refractivity (Wildman–Crippen MR) is 76.1 cm³/mol. The molecule has 110 valence electrons. The summed E-state index contributed by atoms with van der Waals surface area (Å²) in [6.07, 6.45) is 0.830. The van der Waals surface area contributed by atoms with E-state index in [0.29, 0.717) is 24.6 Å². The molecule has 0 spiro atoms. The molecule has 1 aliphatic rings. The quantitative estimate of drug-likeness (QED) is 0.902. The lowest BCUT2D eigenvalue weighted by Crippen LogP contribution is -2.37. The fourth-order valence-corrected chi connectivity index (χ4v) is 3.35. The molecule has 0 unspecified atom stereocenters. The SMILES string of the molecule is CC(C)CN(CC(=O)O)C(=O)c1cc2c(s1)CCOC2. The minimum Gasteiger partial charge on any atom is -0.480 e. The first-order chi connectivity index (χ1) is 9.47. The van der Waals surface area contributed by atoms with E-state index in [-0.39, 0.29) is 18.4 Å². The second-order valence-electron chi connectivity index (χ2n) is 5.33. The number of aliphatic carboxylic acids is 1. The van der Waals surface area contributed by atoms with Crippen LogP contribution in [0.25, 0.3) is 0 Å². The van der Waals surface area contributed by atoms with Crippen LogP contribution in [-0.4, -0.2) is 41.6 Å². The van der Waals surface area contributed by atoms with Crippen molar-refractivity contribution in [2.75, 3.05) is 19.7 Å². The average Bonchev–Trinajstić information content (AvgIpc) is 2.79. The van der Waals surface area contributed by atoms with E-state index in [0.717, 1.165) is 12.0 Å². The van der Waals surface area contributed by atoms with E-state index < -0.39 is 5.97 Å². The smallest absolute Gasteiger partial charge is 0.323 e. The molecule has 0 saturated carbocycles. The van der Waals surface area contributed by atoms with Crippen molar-refractivity contribution in [3.8, 4) is 0 Å². The summed E-state index contributed by atoms with van der Waals surface area (Å²) >= 11 is 1.46. The molecule has 1 aromatic heterocycles. The Labute approximate surface area is 122 Å². The molecular formula is C14H19NO4S. The number of nitrogens with zero attached hydrogens (tertiary/aromatic N) is 1. The van der Waals surface area contributed by atoms with Gasteiger partial charge in [-0.3, -0.25) is 9.59 Å². The maximum absolute atomic E-state index is 12.5. The minimum atomic E-state index is -0.983. The largest absolute Gasteiger partial charge is 0.480 e. The lowest BCUT2D eigenvalue weighted by atomic mass is 10.1. The van der Waals surface area contributed by atoms with Crippen molar-refractivity contribution in [3.63, 3.8) is 0 Å². The van der Waals surface area contributed by atoms with Crippen LogP contribution < -0.4 is 0 Å². The molecule has 1 aliphatic heterocycles. The van der Waals surface area contributed by atoms with Gasteiger partial charge in [-0.25, -0.2) is 0 Å². The van der Waals surface area contributed by atoms with Gasteiger partial charge in [0.1, 0.15) is 6.54 Å². The zero-order valence-electron chi connectivity index (χ0n) is 11.7. The summed E-state index contributed by atoms with van der Waals surface area (Å²) in [7, 11) is 0. The maximum Gasteiger partial charge on any atom is 0.323 e. The Morgan fingerprint density at radius 3 is 2.85 bits per heavy atom. The van der Waals surface area contributed by atoms with E-state index in [4.69, 9.17) is 9.84 Å². The lowest BCUT2D eigenvalue weighted by molar-refractivity contribution is -0.137. The zero-order chi connectivity index (χ0) is 14.7. The first-order valence-corrected chi connectivity index (χ1v) is 7.49. The number of rotatable bonds is 5.